The number of amides is 1. The van der Waals surface area contributed by atoms with Gasteiger partial charge < -0.3 is 10.4 Å². The van der Waals surface area contributed by atoms with E-state index in [0.29, 0.717) is 12.2 Å². The Morgan fingerprint density at radius 2 is 2.04 bits per heavy atom. The number of aliphatic hydroxyl groups is 1. The number of halogens is 1. The monoisotopic (exact) mass is 408 g/mol. The van der Waals surface area contributed by atoms with E-state index in [2.05, 4.69) is 5.32 Å². The van der Waals surface area contributed by atoms with Crippen molar-refractivity contribution in [3.05, 3.63) is 58.6 Å². The molecule has 0 aliphatic carbocycles. The number of sulfonamides is 1. The number of anilines is 1. The summed E-state index contributed by atoms with van der Waals surface area (Å²) in [7, 11) is -3.83. The molecule has 0 spiro atoms. The summed E-state index contributed by atoms with van der Waals surface area (Å²) in [5, 5.41) is 12.0. The highest BCUT2D eigenvalue weighted by atomic mass is 35.5. The fourth-order valence-electron chi connectivity index (χ4n) is 3.05. The minimum absolute atomic E-state index is 0.00537. The maximum absolute atomic E-state index is 13.2. The van der Waals surface area contributed by atoms with Gasteiger partial charge in [0.15, 0.2) is 0 Å². The second-order valence-corrected chi connectivity index (χ2v) is 8.78. The van der Waals surface area contributed by atoms with E-state index in [1.807, 2.05) is 18.2 Å². The molecule has 2 N–H and O–H groups in total. The largest absolute Gasteiger partial charge is 0.392 e. The van der Waals surface area contributed by atoms with E-state index in [0.717, 1.165) is 18.4 Å². The number of carbonyl (C=O) groups is 1. The standard InChI is InChI=1S/C19H21ClN2O4S/c1-13(23)12-21-19(24)16-11-15(8-9-17(16)20)27(25,26)22-10-4-6-14-5-2-3-7-18(14)22/h2-3,5,7-9,11,13,23H,4,6,10,12H2,1H3,(H,21,24). The first kappa shape index (κ1) is 19.7. The summed E-state index contributed by atoms with van der Waals surface area (Å²) in [6.07, 6.45) is 0.839. The van der Waals surface area contributed by atoms with E-state index in [4.69, 9.17) is 11.6 Å². The molecule has 0 aromatic heterocycles. The van der Waals surface area contributed by atoms with E-state index in [9.17, 15) is 18.3 Å². The molecule has 144 valence electrons. The molecule has 1 amide bonds. The molecule has 0 radical (unpaired) electrons. The molecule has 1 aliphatic rings. The van der Waals surface area contributed by atoms with Gasteiger partial charge in [-0.1, -0.05) is 29.8 Å². The molecule has 27 heavy (non-hydrogen) atoms. The highest BCUT2D eigenvalue weighted by Crippen LogP contribution is 2.32. The van der Waals surface area contributed by atoms with Gasteiger partial charge >= 0.3 is 0 Å². The van der Waals surface area contributed by atoms with Gasteiger partial charge in [-0.05, 0) is 49.6 Å². The van der Waals surface area contributed by atoms with Crippen molar-refractivity contribution < 1.29 is 18.3 Å². The zero-order valence-electron chi connectivity index (χ0n) is 14.9. The number of fused-ring (bicyclic) bond motifs is 1. The summed E-state index contributed by atoms with van der Waals surface area (Å²) in [5.41, 5.74) is 1.71. The Morgan fingerprint density at radius 1 is 1.30 bits per heavy atom. The van der Waals surface area contributed by atoms with Gasteiger partial charge in [-0.25, -0.2) is 8.42 Å². The van der Waals surface area contributed by atoms with Crippen LogP contribution in [0.15, 0.2) is 47.4 Å². The van der Waals surface area contributed by atoms with Crippen molar-refractivity contribution >= 4 is 33.2 Å². The van der Waals surface area contributed by atoms with Crippen molar-refractivity contribution in [3.63, 3.8) is 0 Å². The molecule has 0 saturated heterocycles. The van der Waals surface area contributed by atoms with Crippen LogP contribution in [0.2, 0.25) is 5.02 Å². The third kappa shape index (κ3) is 4.10. The van der Waals surface area contributed by atoms with Gasteiger partial charge in [-0.3, -0.25) is 9.10 Å². The van der Waals surface area contributed by atoms with Crippen molar-refractivity contribution in [1.82, 2.24) is 5.32 Å². The van der Waals surface area contributed by atoms with Crippen LogP contribution in [0, 0.1) is 0 Å². The van der Waals surface area contributed by atoms with Gasteiger partial charge in [0.1, 0.15) is 0 Å². The molecule has 2 aromatic rings. The predicted octanol–water partition coefficient (Wildman–Crippen LogP) is 2.59. The fraction of sp³-hybridized carbons (Fsp3) is 0.316. The lowest BCUT2D eigenvalue weighted by atomic mass is 10.0. The molecule has 6 nitrogen and oxygen atoms in total. The van der Waals surface area contributed by atoms with Gasteiger partial charge in [0, 0.05) is 13.1 Å². The number of nitrogens with zero attached hydrogens (tertiary/aromatic N) is 1. The van der Waals surface area contributed by atoms with Crippen molar-refractivity contribution in [2.45, 2.75) is 30.8 Å². The van der Waals surface area contributed by atoms with E-state index >= 15 is 0 Å². The number of benzene rings is 2. The maximum Gasteiger partial charge on any atom is 0.264 e. The number of carbonyl (C=O) groups excluding carboxylic acids is 1. The van der Waals surface area contributed by atoms with Gasteiger partial charge in [0.2, 0.25) is 0 Å². The van der Waals surface area contributed by atoms with Crippen LogP contribution in [-0.4, -0.2) is 38.6 Å². The molecule has 0 fully saturated rings. The first-order valence-electron chi connectivity index (χ1n) is 8.67. The van der Waals surface area contributed by atoms with Gasteiger partial charge in [-0.15, -0.1) is 0 Å². The molecule has 0 saturated carbocycles. The molecule has 1 aliphatic heterocycles. The highest BCUT2D eigenvalue weighted by molar-refractivity contribution is 7.92. The van der Waals surface area contributed by atoms with Crippen LogP contribution in [0.1, 0.15) is 29.3 Å². The van der Waals surface area contributed by atoms with Crippen LogP contribution >= 0.6 is 11.6 Å². The Morgan fingerprint density at radius 3 is 2.78 bits per heavy atom. The van der Waals surface area contributed by atoms with Crippen molar-refractivity contribution in [3.8, 4) is 0 Å². The Labute approximate surface area is 163 Å². The lowest BCUT2D eigenvalue weighted by Gasteiger charge is -2.30. The zero-order chi connectivity index (χ0) is 19.6. The second-order valence-electron chi connectivity index (χ2n) is 6.51. The van der Waals surface area contributed by atoms with E-state index in [1.54, 1.807) is 6.07 Å². The fourth-order valence-corrected chi connectivity index (χ4v) is 4.82. The highest BCUT2D eigenvalue weighted by Gasteiger charge is 2.29. The average Bonchev–Trinajstić information content (AvgIpc) is 2.65. The van der Waals surface area contributed by atoms with Gasteiger partial charge in [0.25, 0.3) is 15.9 Å². The van der Waals surface area contributed by atoms with Crippen molar-refractivity contribution in [2.75, 3.05) is 17.4 Å². The number of hydrogen-bond acceptors (Lipinski definition) is 4. The van der Waals surface area contributed by atoms with Crippen molar-refractivity contribution in [2.24, 2.45) is 0 Å². The summed E-state index contributed by atoms with van der Waals surface area (Å²) in [6, 6.07) is 11.5. The average molecular weight is 409 g/mol. The lowest BCUT2D eigenvalue weighted by molar-refractivity contribution is 0.0924. The minimum Gasteiger partial charge on any atom is -0.392 e. The molecule has 1 heterocycles. The summed E-state index contributed by atoms with van der Waals surface area (Å²) >= 11 is 6.09. The van der Waals surface area contributed by atoms with E-state index in [-0.39, 0.29) is 22.0 Å². The Bertz CT molecular complexity index is 960. The number of aliphatic hydroxyl groups excluding tert-OH is 1. The van der Waals surface area contributed by atoms with Gasteiger partial charge in [-0.2, -0.15) is 0 Å². The lowest BCUT2D eigenvalue weighted by Crippen LogP contribution is -2.35. The Hall–Kier alpha value is -2.09. The topological polar surface area (TPSA) is 86.7 Å². The number of aryl methyl sites for hydroxylation is 1. The van der Waals surface area contributed by atoms with Crippen LogP contribution in [0.4, 0.5) is 5.69 Å². The normalized spacial score (nSPS) is 15.1. The number of nitrogens with one attached hydrogen (secondary N) is 1. The molecule has 8 heteroatoms. The van der Waals surface area contributed by atoms with Crippen LogP contribution < -0.4 is 9.62 Å². The molecule has 3 rings (SSSR count). The summed E-state index contributed by atoms with van der Waals surface area (Å²) < 4.78 is 27.8. The molecular formula is C19H21ClN2O4S. The first-order chi connectivity index (χ1) is 12.8. The van der Waals surface area contributed by atoms with Gasteiger partial charge in [0.05, 0.1) is 27.3 Å². The Balaban J connectivity index is 1.97. The van der Waals surface area contributed by atoms with E-state index < -0.39 is 22.0 Å². The number of hydrogen-bond donors (Lipinski definition) is 2. The predicted molar refractivity (Wildman–Crippen MR) is 105 cm³/mol. The van der Waals surface area contributed by atoms with Crippen molar-refractivity contribution in [1.29, 1.82) is 0 Å². The summed E-state index contributed by atoms with van der Waals surface area (Å²) in [6.45, 7) is 1.97. The Kier molecular flexibility index (Phi) is 5.74. The molecule has 2 aromatic carbocycles. The molecular weight excluding hydrogens is 388 g/mol. The molecule has 1 unspecified atom stereocenters. The van der Waals surface area contributed by atoms with Crippen LogP contribution in [0.25, 0.3) is 0 Å². The second kappa shape index (κ2) is 7.88. The van der Waals surface area contributed by atoms with Crippen LogP contribution in [0.3, 0.4) is 0 Å². The first-order valence-corrected chi connectivity index (χ1v) is 10.5. The number of rotatable bonds is 5. The number of para-hydroxylation sites is 1. The zero-order valence-corrected chi connectivity index (χ0v) is 16.4. The van der Waals surface area contributed by atoms with E-state index in [1.165, 1.54) is 29.4 Å². The quantitative estimate of drug-likeness (QED) is 0.796. The van der Waals surface area contributed by atoms with Crippen LogP contribution in [0.5, 0.6) is 0 Å². The van der Waals surface area contributed by atoms with Crippen LogP contribution in [-0.2, 0) is 16.4 Å². The molecule has 1 atom stereocenters. The molecule has 0 bridgehead atoms. The summed E-state index contributed by atoms with van der Waals surface area (Å²) in [4.78, 5) is 12.3. The summed E-state index contributed by atoms with van der Waals surface area (Å²) in [5.74, 6) is -0.531. The third-order valence-electron chi connectivity index (χ3n) is 4.40. The SMILES string of the molecule is CC(O)CNC(=O)c1cc(S(=O)(=O)N2CCCc3ccccc32)ccc1Cl. The third-order valence-corrected chi connectivity index (χ3v) is 6.53. The maximum atomic E-state index is 13.2. The minimum atomic E-state index is -3.83. The smallest absolute Gasteiger partial charge is 0.264 e.